The summed E-state index contributed by atoms with van der Waals surface area (Å²) in [6.45, 7) is 1.12. The number of halogens is 1. The van der Waals surface area contributed by atoms with E-state index in [-0.39, 0.29) is 6.10 Å². The lowest BCUT2D eigenvalue weighted by Crippen LogP contribution is -2.17. The summed E-state index contributed by atoms with van der Waals surface area (Å²) in [5, 5.41) is 0.714. The van der Waals surface area contributed by atoms with Crippen molar-refractivity contribution in [2.75, 3.05) is 13.2 Å². The van der Waals surface area contributed by atoms with Crippen molar-refractivity contribution in [3.63, 3.8) is 0 Å². The predicted octanol–water partition coefficient (Wildman–Crippen LogP) is 3.99. The maximum absolute atomic E-state index is 6.17. The van der Waals surface area contributed by atoms with Gasteiger partial charge in [-0.15, -0.1) is 0 Å². The van der Waals surface area contributed by atoms with Crippen LogP contribution in [0.1, 0.15) is 23.7 Å². The highest BCUT2D eigenvalue weighted by molar-refractivity contribution is 6.31. The van der Waals surface area contributed by atoms with Crippen LogP contribution in [0.4, 0.5) is 0 Å². The Morgan fingerprint density at radius 1 is 1.00 bits per heavy atom. The zero-order chi connectivity index (χ0) is 14.2. The Bertz CT molecular complexity index is 515. The molecule has 0 amide bonds. The van der Waals surface area contributed by atoms with E-state index in [9.17, 15) is 0 Å². The molecule has 2 aromatic rings. The van der Waals surface area contributed by atoms with Gasteiger partial charge in [0.25, 0.3) is 0 Å². The first-order valence-corrected chi connectivity index (χ1v) is 7.29. The Labute approximate surface area is 125 Å². The minimum absolute atomic E-state index is 0.125. The number of nitrogens with two attached hydrogens (primary N) is 1. The fourth-order valence-corrected chi connectivity index (χ4v) is 2.42. The molecule has 0 aliphatic heterocycles. The molecule has 1 atom stereocenters. The minimum Gasteiger partial charge on any atom is -0.372 e. The highest BCUT2D eigenvalue weighted by Gasteiger charge is 2.12. The molecule has 2 aromatic carbocycles. The van der Waals surface area contributed by atoms with E-state index in [0.717, 1.165) is 18.4 Å². The number of benzene rings is 2. The normalized spacial score (nSPS) is 12.3. The Kier molecular flexibility index (Phi) is 6.06. The van der Waals surface area contributed by atoms with Crippen LogP contribution in [0.5, 0.6) is 0 Å². The Morgan fingerprint density at radius 3 is 2.40 bits per heavy atom. The van der Waals surface area contributed by atoms with Gasteiger partial charge in [-0.05, 0) is 24.5 Å². The van der Waals surface area contributed by atoms with Gasteiger partial charge in [0.2, 0.25) is 0 Å². The van der Waals surface area contributed by atoms with Gasteiger partial charge >= 0.3 is 0 Å². The van der Waals surface area contributed by atoms with E-state index in [4.69, 9.17) is 22.1 Å². The van der Waals surface area contributed by atoms with Crippen molar-refractivity contribution in [3.8, 4) is 0 Å². The standard InChI is InChI=1S/C17H20ClNO/c18-16-11-5-4-10-15(16)17(13-19)20-12-6-9-14-7-2-1-3-8-14/h1-5,7-8,10-11,17H,6,9,12-13,19H2. The first-order valence-electron chi connectivity index (χ1n) is 6.91. The van der Waals surface area contributed by atoms with E-state index in [1.165, 1.54) is 5.56 Å². The monoisotopic (exact) mass is 289 g/mol. The topological polar surface area (TPSA) is 35.2 Å². The van der Waals surface area contributed by atoms with Crippen molar-refractivity contribution in [2.45, 2.75) is 18.9 Å². The van der Waals surface area contributed by atoms with Crippen LogP contribution in [0, 0.1) is 0 Å². The van der Waals surface area contributed by atoms with E-state index >= 15 is 0 Å². The zero-order valence-corrected chi connectivity index (χ0v) is 12.2. The van der Waals surface area contributed by atoms with Gasteiger partial charge in [-0.2, -0.15) is 0 Å². The molecule has 0 heterocycles. The van der Waals surface area contributed by atoms with Crippen LogP contribution in [0.3, 0.4) is 0 Å². The van der Waals surface area contributed by atoms with Crippen molar-refractivity contribution < 1.29 is 4.74 Å². The summed E-state index contributed by atoms with van der Waals surface area (Å²) in [5.41, 5.74) is 8.08. The van der Waals surface area contributed by atoms with Crippen molar-refractivity contribution >= 4 is 11.6 Å². The quantitative estimate of drug-likeness (QED) is 0.782. The summed E-state index contributed by atoms with van der Waals surface area (Å²) in [6, 6.07) is 18.1. The Hall–Kier alpha value is -1.35. The molecule has 2 N–H and O–H groups in total. The van der Waals surface area contributed by atoms with Crippen molar-refractivity contribution in [3.05, 3.63) is 70.7 Å². The number of rotatable bonds is 7. The molecule has 0 spiro atoms. The summed E-state index contributed by atoms with van der Waals surface area (Å²) in [6.07, 6.45) is 1.87. The molecular weight excluding hydrogens is 270 g/mol. The van der Waals surface area contributed by atoms with Crippen LogP contribution in [-0.4, -0.2) is 13.2 Å². The molecule has 1 unspecified atom stereocenters. The third kappa shape index (κ3) is 4.34. The molecule has 2 rings (SSSR count). The summed E-state index contributed by atoms with van der Waals surface area (Å²) in [7, 11) is 0. The molecule has 0 aliphatic carbocycles. The second-order valence-electron chi connectivity index (χ2n) is 4.71. The SMILES string of the molecule is NCC(OCCCc1ccccc1)c1ccccc1Cl. The van der Waals surface area contributed by atoms with Gasteiger partial charge < -0.3 is 10.5 Å². The molecule has 0 bridgehead atoms. The minimum atomic E-state index is -0.125. The zero-order valence-electron chi connectivity index (χ0n) is 11.5. The molecule has 0 radical (unpaired) electrons. The molecule has 2 nitrogen and oxygen atoms in total. The fraction of sp³-hybridized carbons (Fsp3) is 0.294. The van der Waals surface area contributed by atoms with Gasteiger partial charge in [0.05, 0.1) is 6.10 Å². The highest BCUT2D eigenvalue weighted by atomic mass is 35.5. The fourth-order valence-electron chi connectivity index (χ4n) is 2.17. The van der Waals surface area contributed by atoms with E-state index in [0.29, 0.717) is 18.2 Å². The van der Waals surface area contributed by atoms with Crippen molar-refractivity contribution in [1.29, 1.82) is 0 Å². The van der Waals surface area contributed by atoms with Gasteiger partial charge in [0.1, 0.15) is 0 Å². The molecule has 0 saturated carbocycles. The number of aryl methyl sites for hydroxylation is 1. The maximum Gasteiger partial charge on any atom is 0.0961 e. The molecule has 20 heavy (non-hydrogen) atoms. The lowest BCUT2D eigenvalue weighted by Gasteiger charge is -2.17. The van der Waals surface area contributed by atoms with Crippen LogP contribution in [0.2, 0.25) is 5.02 Å². The van der Waals surface area contributed by atoms with Crippen LogP contribution >= 0.6 is 11.6 Å². The Morgan fingerprint density at radius 2 is 1.70 bits per heavy atom. The molecule has 0 aliphatic rings. The van der Waals surface area contributed by atoms with Crippen LogP contribution in [0.25, 0.3) is 0 Å². The van der Waals surface area contributed by atoms with Gasteiger partial charge in [-0.25, -0.2) is 0 Å². The number of hydrogen-bond acceptors (Lipinski definition) is 2. The summed E-state index contributed by atoms with van der Waals surface area (Å²) in [5.74, 6) is 0. The van der Waals surface area contributed by atoms with Gasteiger partial charge in [-0.3, -0.25) is 0 Å². The van der Waals surface area contributed by atoms with Gasteiger partial charge in [-0.1, -0.05) is 60.1 Å². The van der Waals surface area contributed by atoms with Gasteiger partial charge in [0, 0.05) is 23.7 Å². The smallest absolute Gasteiger partial charge is 0.0961 e. The van der Waals surface area contributed by atoms with Crippen LogP contribution in [-0.2, 0) is 11.2 Å². The van der Waals surface area contributed by atoms with E-state index in [1.54, 1.807) is 0 Å². The highest BCUT2D eigenvalue weighted by Crippen LogP contribution is 2.24. The first kappa shape index (κ1) is 15.0. The van der Waals surface area contributed by atoms with Crippen molar-refractivity contribution in [1.82, 2.24) is 0 Å². The molecule has 0 saturated heterocycles. The third-order valence-electron chi connectivity index (χ3n) is 3.24. The lowest BCUT2D eigenvalue weighted by molar-refractivity contribution is 0.0572. The number of hydrogen-bond donors (Lipinski definition) is 1. The predicted molar refractivity (Wildman–Crippen MR) is 84.0 cm³/mol. The molecule has 106 valence electrons. The average Bonchev–Trinajstić information content (AvgIpc) is 2.50. The first-order chi connectivity index (χ1) is 9.81. The summed E-state index contributed by atoms with van der Waals surface area (Å²) < 4.78 is 5.87. The van der Waals surface area contributed by atoms with Crippen molar-refractivity contribution in [2.24, 2.45) is 5.73 Å². The average molecular weight is 290 g/mol. The van der Waals surface area contributed by atoms with Crippen LogP contribution < -0.4 is 5.73 Å². The molecule has 0 aromatic heterocycles. The maximum atomic E-state index is 6.17. The summed E-state index contributed by atoms with van der Waals surface area (Å²) >= 11 is 6.17. The largest absolute Gasteiger partial charge is 0.372 e. The Balaban J connectivity index is 1.81. The van der Waals surface area contributed by atoms with E-state index in [2.05, 4.69) is 24.3 Å². The van der Waals surface area contributed by atoms with Gasteiger partial charge in [0.15, 0.2) is 0 Å². The van der Waals surface area contributed by atoms with E-state index in [1.807, 2.05) is 30.3 Å². The van der Waals surface area contributed by atoms with Crippen LogP contribution in [0.15, 0.2) is 54.6 Å². The molecule has 0 fully saturated rings. The summed E-state index contributed by atoms with van der Waals surface area (Å²) in [4.78, 5) is 0. The number of ether oxygens (including phenoxy) is 1. The second kappa shape index (κ2) is 8.05. The molecular formula is C17H20ClNO. The third-order valence-corrected chi connectivity index (χ3v) is 3.58. The second-order valence-corrected chi connectivity index (χ2v) is 5.11. The van der Waals surface area contributed by atoms with E-state index < -0.39 is 0 Å². The lowest BCUT2D eigenvalue weighted by atomic mass is 10.1. The molecule has 3 heteroatoms.